The van der Waals surface area contributed by atoms with Crippen LogP contribution in [0.4, 0.5) is 0 Å². The Morgan fingerprint density at radius 2 is 1.60 bits per heavy atom. The maximum absolute atomic E-state index is 11.9. The zero-order chi connectivity index (χ0) is 13.8. The summed E-state index contributed by atoms with van der Waals surface area (Å²) in [6.45, 7) is 0. The number of hydrogen-bond acceptors (Lipinski definition) is 1. The number of amides is 1. The standard InChI is InChI=1S/C18H25NO/c20-15-19(17-11-5-2-6-12-17)18(13-7-8-14-18)16-9-3-1-4-10-16/h1,3-4,9-10,15,17H,2,5-8,11-14H2. The molecule has 0 aromatic heterocycles. The number of benzene rings is 1. The highest BCUT2D eigenvalue weighted by Gasteiger charge is 2.43. The molecule has 2 aliphatic rings. The van der Waals surface area contributed by atoms with Gasteiger partial charge in [0.15, 0.2) is 0 Å². The van der Waals surface area contributed by atoms with Crippen LogP contribution in [0.15, 0.2) is 30.3 Å². The van der Waals surface area contributed by atoms with Crippen LogP contribution in [0.1, 0.15) is 63.4 Å². The molecule has 0 spiro atoms. The van der Waals surface area contributed by atoms with Gasteiger partial charge in [-0.3, -0.25) is 4.79 Å². The quantitative estimate of drug-likeness (QED) is 0.750. The molecule has 1 aromatic carbocycles. The van der Waals surface area contributed by atoms with Crippen LogP contribution in [0.3, 0.4) is 0 Å². The smallest absolute Gasteiger partial charge is 0.210 e. The van der Waals surface area contributed by atoms with E-state index in [1.54, 1.807) is 0 Å². The molecular weight excluding hydrogens is 246 g/mol. The molecule has 2 aliphatic carbocycles. The Balaban J connectivity index is 1.93. The maximum atomic E-state index is 11.9. The SMILES string of the molecule is O=CN(C1CCCCC1)C1(c2ccccc2)CCCC1. The molecule has 0 saturated heterocycles. The molecule has 0 radical (unpaired) electrons. The zero-order valence-corrected chi connectivity index (χ0v) is 12.3. The van der Waals surface area contributed by atoms with Crippen LogP contribution in [0.25, 0.3) is 0 Å². The molecule has 2 saturated carbocycles. The van der Waals surface area contributed by atoms with Gasteiger partial charge in [0.05, 0.1) is 5.54 Å². The van der Waals surface area contributed by atoms with E-state index in [0.717, 1.165) is 19.3 Å². The lowest BCUT2D eigenvalue weighted by Gasteiger charge is -2.45. The summed E-state index contributed by atoms with van der Waals surface area (Å²) in [6, 6.07) is 11.2. The molecule has 0 heterocycles. The van der Waals surface area contributed by atoms with E-state index in [4.69, 9.17) is 0 Å². The van der Waals surface area contributed by atoms with Gasteiger partial charge in [-0.05, 0) is 31.2 Å². The second kappa shape index (κ2) is 5.99. The van der Waals surface area contributed by atoms with Gasteiger partial charge in [-0.25, -0.2) is 0 Å². The van der Waals surface area contributed by atoms with Crippen molar-refractivity contribution in [2.24, 2.45) is 0 Å². The van der Waals surface area contributed by atoms with Crippen LogP contribution in [0.5, 0.6) is 0 Å². The highest BCUT2D eigenvalue weighted by Crippen LogP contribution is 2.45. The molecule has 1 amide bonds. The third-order valence-corrected chi connectivity index (χ3v) is 5.32. The molecule has 0 unspecified atom stereocenters. The summed E-state index contributed by atoms with van der Waals surface area (Å²) < 4.78 is 0. The highest BCUT2D eigenvalue weighted by molar-refractivity contribution is 5.52. The molecule has 108 valence electrons. The van der Waals surface area contributed by atoms with Crippen molar-refractivity contribution in [2.75, 3.05) is 0 Å². The van der Waals surface area contributed by atoms with E-state index in [1.165, 1.54) is 50.5 Å². The Kier molecular flexibility index (Phi) is 4.09. The van der Waals surface area contributed by atoms with E-state index < -0.39 is 0 Å². The van der Waals surface area contributed by atoms with Crippen LogP contribution >= 0.6 is 0 Å². The fraction of sp³-hybridized carbons (Fsp3) is 0.611. The minimum atomic E-state index is -0.0228. The third-order valence-electron chi connectivity index (χ3n) is 5.32. The van der Waals surface area contributed by atoms with Crippen molar-refractivity contribution in [3.05, 3.63) is 35.9 Å². The summed E-state index contributed by atoms with van der Waals surface area (Å²) in [6.07, 6.45) is 12.2. The summed E-state index contributed by atoms with van der Waals surface area (Å²) in [4.78, 5) is 14.1. The number of nitrogens with zero attached hydrogens (tertiary/aromatic N) is 1. The van der Waals surface area contributed by atoms with Gasteiger partial charge in [0, 0.05) is 6.04 Å². The van der Waals surface area contributed by atoms with E-state index in [2.05, 4.69) is 35.2 Å². The van der Waals surface area contributed by atoms with Crippen molar-refractivity contribution in [3.63, 3.8) is 0 Å². The zero-order valence-electron chi connectivity index (χ0n) is 12.3. The van der Waals surface area contributed by atoms with E-state index in [-0.39, 0.29) is 5.54 Å². The highest BCUT2D eigenvalue weighted by atomic mass is 16.1. The Hall–Kier alpha value is -1.31. The average molecular weight is 271 g/mol. The predicted molar refractivity (Wildman–Crippen MR) is 81.4 cm³/mol. The first-order valence-electron chi connectivity index (χ1n) is 8.16. The average Bonchev–Trinajstić information content (AvgIpc) is 3.01. The third kappa shape index (κ3) is 2.36. The molecular formula is C18H25NO. The van der Waals surface area contributed by atoms with Gasteiger partial charge in [-0.2, -0.15) is 0 Å². The maximum Gasteiger partial charge on any atom is 0.210 e. The molecule has 2 nitrogen and oxygen atoms in total. The van der Waals surface area contributed by atoms with Crippen LogP contribution in [-0.2, 0) is 10.3 Å². The minimum Gasteiger partial charge on any atom is -0.333 e. The summed E-state index contributed by atoms with van der Waals surface area (Å²) in [5.74, 6) is 0. The first-order chi connectivity index (χ1) is 9.87. The van der Waals surface area contributed by atoms with Crippen LogP contribution < -0.4 is 0 Å². The number of hydrogen-bond donors (Lipinski definition) is 0. The van der Waals surface area contributed by atoms with Gasteiger partial charge in [0.1, 0.15) is 0 Å². The van der Waals surface area contributed by atoms with Crippen LogP contribution in [0, 0.1) is 0 Å². The second-order valence-corrected chi connectivity index (χ2v) is 6.41. The lowest BCUT2D eigenvalue weighted by Crippen LogP contribution is -2.50. The van der Waals surface area contributed by atoms with Crippen molar-refractivity contribution < 1.29 is 4.79 Å². The van der Waals surface area contributed by atoms with Crippen molar-refractivity contribution >= 4 is 6.41 Å². The summed E-state index contributed by atoms with van der Waals surface area (Å²) in [5, 5.41) is 0. The normalized spacial score (nSPS) is 22.6. The number of carbonyl (C=O) groups excluding carboxylic acids is 1. The first kappa shape index (κ1) is 13.7. The van der Waals surface area contributed by atoms with E-state index in [9.17, 15) is 4.79 Å². The van der Waals surface area contributed by atoms with Crippen molar-refractivity contribution in [1.82, 2.24) is 4.90 Å². The summed E-state index contributed by atoms with van der Waals surface area (Å²) in [7, 11) is 0. The predicted octanol–water partition coefficient (Wildman–Crippen LogP) is 4.25. The lowest BCUT2D eigenvalue weighted by atomic mass is 9.83. The molecule has 2 fully saturated rings. The largest absolute Gasteiger partial charge is 0.333 e. The van der Waals surface area contributed by atoms with E-state index >= 15 is 0 Å². The van der Waals surface area contributed by atoms with Gasteiger partial charge in [0.2, 0.25) is 6.41 Å². The molecule has 0 atom stereocenters. The molecule has 0 aliphatic heterocycles. The fourth-order valence-electron chi connectivity index (χ4n) is 4.30. The first-order valence-corrected chi connectivity index (χ1v) is 8.16. The Labute approximate surface area is 122 Å². The molecule has 0 bridgehead atoms. The van der Waals surface area contributed by atoms with Gasteiger partial charge < -0.3 is 4.90 Å². The Morgan fingerprint density at radius 3 is 2.20 bits per heavy atom. The van der Waals surface area contributed by atoms with E-state index in [0.29, 0.717) is 6.04 Å². The van der Waals surface area contributed by atoms with Crippen molar-refractivity contribution in [1.29, 1.82) is 0 Å². The van der Waals surface area contributed by atoms with E-state index in [1.807, 2.05) is 0 Å². The molecule has 3 rings (SSSR count). The van der Waals surface area contributed by atoms with Crippen LogP contribution in [0.2, 0.25) is 0 Å². The van der Waals surface area contributed by atoms with Crippen molar-refractivity contribution in [2.45, 2.75) is 69.4 Å². The Bertz CT molecular complexity index is 430. The number of carbonyl (C=O) groups is 1. The summed E-state index contributed by atoms with van der Waals surface area (Å²) >= 11 is 0. The fourth-order valence-corrected chi connectivity index (χ4v) is 4.30. The van der Waals surface area contributed by atoms with Crippen molar-refractivity contribution in [3.8, 4) is 0 Å². The molecule has 20 heavy (non-hydrogen) atoms. The van der Waals surface area contributed by atoms with Crippen LogP contribution in [-0.4, -0.2) is 17.4 Å². The minimum absolute atomic E-state index is 0.0228. The molecule has 1 aromatic rings. The second-order valence-electron chi connectivity index (χ2n) is 6.41. The van der Waals surface area contributed by atoms with Gasteiger partial charge in [-0.15, -0.1) is 0 Å². The van der Waals surface area contributed by atoms with Gasteiger partial charge >= 0.3 is 0 Å². The Morgan fingerprint density at radius 1 is 0.950 bits per heavy atom. The number of rotatable bonds is 4. The lowest BCUT2D eigenvalue weighted by molar-refractivity contribution is -0.128. The van der Waals surface area contributed by atoms with Gasteiger partial charge in [0.25, 0.3) is 0 Å². The molecule has 2 heteroatoms. The topological polar surface area (TPSA) is 20.3 Å². The van der Waals surface area contributed by atoms with Gasteiger partial charge in [-0.1, -0.05) is 62.4 Å². The summed E-state index contributed by atoms with van der Waals surface area (Å²) in [5.41, 5.74) is 1.32. The monoisotopic (exact) mass is 271 g/mol. The molecule has 0 N–H and O–H groups in total.